The summed E-state index contributed by atoms with van der Waals surface area (Å²) < 4.78 is 0. The van der Waals surface area contributed by atoms with Crippen molar-refractivity contribution in [3.63, 3.8) is 0 Å². The minimum atomic E-state index is -0.157. The normalized spacial score (nSPS) is 15.7. The van der Waals surface area contributed by atoms with Crippen molar-refractivity contribution in [1.82, 2.24) is 0 Å². The molecule has 6 heavy (non-hydrogen) atoms. The third-order valence-electron chi connectivity index (χ3n) is 0.527. The van der Waals surface area contributed by atoms with E-state index < -0.39 is 0 Å². The maximum absolute atomic E-state index is 9.96. The summed E-state index contributed by atoms with van der Waals surface area (Å²) in [5.74, 6) is 1.46. The van der Waals surface area contributed by atoms with Crippen LogP contribution in [0.3, 0.4) is 0 Å². The van der Waals surface area contributed by atoms with E-state index in [1.807, 2.05) is 0 Å². The second kappa shape index (κ2) is 1.16. The van der Waals surface area contributed by atoms with Crippen LogP contribution in [0.25, 0.3) is 0 Å². The van der Waals surface area contributed by atoms with Gasteiger partial charge in [0.1, 0.15) is 0 Å². The first-order valence-electron chi connectivity index (χ1n) is 1.64. The zero-order valence-electron chi connectivity index (χ0n) is 3.09. The molecule has 1 aliphatic heterocycles. The Morgan fingerprint density at radius 3 is 2.83 bits per heavy atom. The van der Waals surface area contributed by atoms with Crippen molar-refractivity contribution in [2.75, 3.05) is 0 Å². The first-order valence-corrected chi connectivity index (χ1v) is 1.64. The Morgan fingerprint density at radius 2 is 2.67 bits per heavy atom. The van der Waals surface area contributed by atoms with E-state index in [9.17, 15) is 4.79 Å². The van der Waals surface area contributed by atoms with Gasteiger partial charge in [-0.1, -0.05) is 0 Å². The zero-order valence-corrected chi connectivity index (χ0v) is 3.09. The standard InChI is InChI=1S/C3H2BNO/c6-3-1-2-4-5-3/h1-2H. The van der Waals surface area contributed by atoms with Crippen LogP contribution in [0.1, 0.15) is 0 Å². The second-order valence-corrected chi connectivity index (χ2v) is 0.976. The van der Waals surface area contributed by atoms with Gasteiger partial charge >= 0.3 is 34.7 Å². The van der Waals surface area contributed by atoms with Crippen LogP contribution in [0.5, 0.6) is 0 Å². The van der Waals surface area contributed by atoms with Crippen LogP contribution in [0.15, 0.2) is 16.9 Å². The number of nitrogens with zero attached hydrogens (tertiary/aromatic N) is 1. The monoisotopic (exact) mass is 79.0 g/mol. The summed E-state index contributed by atoms with van der Waals surface area (Å²) in [4.78, 5) is 13.3. The Morgan fingerprint density at radius 1 is 1.83 bits per heavy atom. The number of hydrogen-bond donors (Lipinski definition) is 0. The van der Waals surface area contributed by atoms with Crippen LogP contribution in [-0.2, 0) is 4.79 Å². The predicted octanol–water partition coefficient (Wildman–Crippen LogP) is -0.0719. The van der Waals surface area contributed by atoms with Gasteiger partial charge in [-0.25, -0.2) is 0 Å². The van der Waals surface area contributed by atoms with Crippen LogP contribution < -0.4 is 0 Å². The van der Waals surface area contributed by atoms with Crippen molar-refractivity contribution in [2.45, 2.75) is 0 Å². The van der Waals surface area contributed by atoms with Gasteiger partial charge in [0.2, 0.25) is 0 Å². The van der Waals surface area contributed by atoms with E-state index in [2.05, 4.69) is 4.90 Å². The fourth-order valence-electron chi connectivity index (χ4n) is 0.285. The average molecular weight is 78.9 g/mol. The van der Waals surface area contributed by atoms with E-state index in [0.717, 1.165) is 0 Å². The molecule has 28 valence electrons. The first kappa shape index (κ1) is 3.46. The molecule has 0 atom stereocenters. The van der Waals surface area contributed by atoms with Crippen LogP contribution in [0.4, 0.5) is 0 Å². The number of carbonyl (C=O) groups excluding carboxylic acids is 1. The van der Waals surface area contributed by atoms with E-state index in [4.69, 9.17) is 0 Å². The molecular weight excluding hydrogens is 76.9 g/mol. The molecule has 0 fully saturated rings. The van der Waals surface area contributed by atoms with Gasteiger partial charge < -0.3 is 0 Å². The number of carbonyl (C=O) groups is 1. The van der Waals surface area contributed by atoms with Crippen molar-refractivity contribution in [3.05, 3.63) is 12.1 Å². The zero-order chi connectivity index (χ0) is 4.41. The molecule has 1 heterocycles. The summed E-state index contributed by atoms with van der Waals surface area (Å²) >= 11 is 0. The van der Waals surface area contributed by atoms with Crippen molar-refractivity contribution in [2.24, 2.45) is 4.90 Å². The van der Waals surface area contributed by atoms with Gasteiger partial charge in [0.15, 0.2) is 0 Å². The summed E-state index contributed by atoms with van der Waals surface area (Å²) in [5.41, 5.74) is 0. The molecule has 0 saturated carbocycles. The third kappa shape index (κ3) is 0.430. The molecule has 0 radical (unpaired) electrons. The van der Waals surface area contributed by atoms with Crippen LogP contribution in [0.2, 0.25) is 0 Å². The molecule has 0 bridgehead atoms. The van der Waals surface area contributed by atoms with Crippen LogP contribution in [-0.4, -0.2) is 13.0 Å². The molecule has 0 aliphatic carbocycles. The van der Waals surface area contributed by atoms with Crippen molar-refractivity contribution in [3.8, 4) is 0 Å². The second-order valence-electron chi connectivity index (χ2n) is 0.976. The van der Waals surface area contributed by atoms with Gasteiger partial charge in [-0.2, -0.15) is 0 Å². The summed E-state index contributed by atoms with van der Waals surface area (Å²) in [6.07, 6.45) is 1.42. The van der Waals surface area contributed by atoms with Crippen LogP contribution in [0, 0.1) is 0 Å². The maximum atomic E-state index is 9.96. The van der Waals surface area contributed by atoms with Crippen molar-refractivity contribution < 1.29 is 4.79 Å². The van der Waals surface area contributed by atoms with E-state index in [0.29, 0.717) is 0 Å². The molecule has 0 spiro atoms. The molecule has 1 amide bonds. The van der Waals surface area contributed by atoms with Gasteiger partial charge in [0.25, 0.3) is 0 Å². The molecule has 0 aromatic carbocycles. The quantitative estimate of drug-likeness (QED) is 0.373. The minimum absolute atomic E-state index is 0.157. The topological polar surface area (TPSA) is 29.4 Å². The molecule has 2 nitrogen and oxygen atoms in total. The van der Waals surface area contributed by atoms with Crippen LogP contribution >= 0.6 is 0 Å². The van der Waals surface area contributed by atoms with E-state index >= 15 is 0 Å². The summed E-state index contributed by atoms with van der Waals surface area (Å²) in [6.45, 7) is 0. The Kier molecular flexibility index (Phi) is 0.672. The Bertz CT molecular complexity index is 113. The molecule has 1 aliphatic rings. The SMILES string of the molecule is O=C1C=CB=N1. The van der Waals surface area contributed by atoms with Gasteiger partial charge in [-0.15, -0.1) is 0 Å². The summed E-state index contributed by atoms with van der Waals surface area (Å²) in [5, 5.41) is 0. The first-order chi connectivity index (χ1) is 2.89. The van der Waals surface area contributed by atoms with Gasteiger partial charge in [0, 0.05) is 0 Å². The molecule has 1 rings (SSSR count). The molecule has 0 aromatic rings. The van der Waals surface area contributed by atoms with Crippen molar-refractivity contribution in [1.29, 1.82) is 0 Å². The fourth-order valence-corrected chi connectivity index (χ4v) is 0.285. The van der Waals surface area contributed by atoms with Gasteiger partial charge in [-0.3, -0.25) is 0 Å². The number of hydrogen-bond acceptors (Lipinski definition) is 1. The predicted molar refractivity (Wildman–Crippen MR) is 22.3 cm³/mol. The number of amides is 1. The molecule has 0 saturated heterocycles. The van der Waals surface area contributed by atoms with E-state index in [1.54, 1.807) is 5.98 Å². The molecule has 0 aromatic heterocycles. The van der Waals surface area contributed by atoms with E-state index in [-0.39, 0.29) is 5.91 Å². The van der Waals surface area contributed by atoms with Gasteiger partial charge in [0.05, 0.1) is 0 Å². The number of rotatable bonds is 0. The molecule has 0 N–H and O–H groups in total. The Hall–Kier alpha value is -0.725. The fraction of sp³-hybridized carbons (Fsp3) is 0. The molecule has 0 unspecified atom stereocenters. The molecular formula is C3H2BNO. The Balaban J connectivity index is 2.86. The molecule has 3 heteroatoms. The van der Waals surface area contributed by atoms with Gasteiger partial charge in [-0.05, 0) is 0 Å². The van der Waals surface area contributed by atoms with Crippen molar-refractivity contribution >= 4 is 13.0 Å². The average Bonchev–Trinajstić information content (AvgIpc) is 1.86. The van der Waals surface area contributed by atoms with E-state index in [1.165, 1.54) is 13.1 Å². The third-order valence-corrected chi connectivity index (χ3v) is 0.527. The summed E-state index contributed by atoms with van der Waals surface area (Å²) in [6, 6.07) is 0. The summed E-state index contributed by atoms with van der Waals surface area (Å²) in [7, 11) is 1.47. The Labute approximate surface area is 35.8 Å².